The van der Waals surface area contributed by atoms with Gasteiger partial charge in [0.05, 0.1) is 10.6 Å². The summed E-state index contributed by atoms with van der Waals surface area (Å²) in [7, 11) is 0. The zero-order valence-corrected chi connectivity index (χ0v) is 11.9. The van der Waals surface area contributed by atoms with Gasteiger partial charge < -0.3 is 10.5 Å². The molecule has 0 spiro atoms. The molecule has 2 aromatic carbocycles. The molecule has 0 bridgehead atoms. The molecule has 108 valence electrons. The Hall–Kier alpha value is -2.53. The van der Waals surface area contributed by atoms with E-state index >= 15 is 0 Å². The molecule has 21 heavy (non-hydrogen) atoms. The molecule has 0 saturated carbocycles. The number of rotatable bonds is 5. The number of carbonyl (C=O) groups excluding carboxylic acids is 1. The van der Waals surface area contributed by atoms with Crippen LogP contribution < -0.4 is 15.9 Å². The number of amides is 1. The maximum atomic E-state index is 11.8. The third-order valence-corrected chi connectivity index (χ3v) is 2.88. The quantitative estimate of drug-likeness (QED) is 0.506. The van der Waals surface area contributed by atoms with E-state index in [2.05, 4.69) is 10.5 Å². The van der Waals surface area contributed by atoms with Crippen LogP contribution in [0, 0.1) is 0 Å². The maximum absolute atomic E-state index is 11.8. The number of nitrogens with one attached hydrogen (secondary N) is 1. The van der Waals surface area contributed by atoms with Gasteiger partial charge in [-0.1, -0.05) is 41.9 Å². The van der Waals surface area contributed by atoms with Crippen LogP contribution in [0.15, 0.2) is 59.7 Å². The van der Waals surface area contributed by atoms with Gasteiger partial charge in [-0.2, -0.15) is 5.10 Å². The van der Waals surface area contributed by atoms with E-state index in [1.54, 1.807) is 36.4 Å². The van der Waals surface area contributed by atoms with Crippen LogP contribution in [0.2, 0.25) is 5.02 Å². The Morgan fingerprint density at radius 1 is 1.14 bits per heavy atom. The smallest absolute Gasteiger partial charge is 0.272 e. The van der Waals surface area contributed by atoms with Gasteiger partial charge in [0.2, 0.25) is 0 Å². The molecule has 0 atom stereocenters. The highest BCUT2D eigenvalue weighted by molar-refractivity contribution is 6.33. The topological polar surface area (TPSA) is 76.7 Å². The molecule has 0 aliphatic carbocycles. The van der Waals surface area contributed by atoms with Crippen LogP contribution in [0.3, 0.4) is 0 Å². The summed E-state index contributed by atoms with van der Waals surface area (Å²) in [6, 6.07) is 15.9. The first-order valence-electron chi connectivity index (χ1n) is 6.21. The molecule has 1 amide bonds. The zero-order chi connectivity index (χ0) is 15.1. The molecule has 0 radical (unpaired) electrons. The Kier molecular flexibility index (Phi) is 5.17. The molecule has 6 heteroatoms. The number of benzene rings is 2. The van der Waals surface area contributed by atoms with Crippen LogP contribution in [0.25, 0.3) is 0 Å². The summed E-state index contributed by atoms with van der Waals surface area (Å²) in [5, 5.41) is 4.12. The molecule has 0 saturated heterocycles. The van der Waals surface area contributed by atoms with E-state index in [9.17, 15) is 4.79 Å². The van der Waals surface area contributed by atoms with Gasteiger partial charge in [-0.05, 0) is 24.3 Å². The van der Waals surface area contributed by atoms with E-state index in [4.69, 9.17) is 22.1 Å². The normalized spacial score (nSPS) is 11.0. The predicted octanol–water partition coefficient (Wildman–Crippen LogP) is 2.42. The summed E-state index contributed by atoms with van der Waals surface area (Å²) in [6.45, 7) is 0.0762. The Balaban J connectivity index is 1.89. The molecule has 3 N–H and O–H groups in total. The lowest BCUT2D eigenvalue weighted by atomic mass is 10.2. The van der Waals surface area contributed by atoms with E-state index in [1.165, 1.54) is 0 Å². The first kappa shape index (κ1) is 14.9. The van der Waals surface area contributed by atoms with E-state index in [-0.39, 0.29) is 12.4 Å². The van der Waals surface area contributed by atoms with E-state index < -0.39 is 5.91 Å². The Morgan fingerprint density at radius 2 is 1.81 bits per heavy atom. The minimum Gasteiger partial charge on any atom is -0.486 e. The molecule has 0 fully saturated rings. The lowest BCUT2D eigenvalue weighted by Gasteiger charge is -2.06. The standard InChI is InChI=1S/C15H14ClN3O2/c16-13-9-5-4-8-12(13)15(20)19-18-14(17)10-21-11-6-2-1-3-7-11/h1-9H,10H2,(H2,17,18)(H,19,20). The van der Waals surface area contributed by atoms with Gasteiger partial charge in [-0.25, -0.2) is 5.43 Å². The number of hydrazone groups is 1. The number of ether oxygens (including phenoxy) is 1. The van der Waals surface area contributed by atoms with Crippen molar-refractivity contribution < 1.29 is 9.53 Å². The van der Waals surface area contributed by atoms with Crippen molar-refractivity contribution in [2.45, 2.75) is 0 Å². The van der Waals surface area contributed by atoms with Gasteiger partial charge in [0.1, 0.15) is 12.4 Å². The first-order chi connectivity index (χ1) is 10.2. The van der Waals surface area contributed by atoms with Crippen LogP contribution in [0.5, 0.6) is 5.75 Å². The molecule has 5 nitrogen and oxygen atoms in total. The molecule has 2 rings (SSSR count). The predicted molar refractivity (Wildman–Crippen MR) is 82.5 cm³/mol. The van der Waals surface area contributed by atoms with Gasteiger partial charge >= 0.3 is 0 Å². The molecule has 2 aromatic rings. The monoisotopic (exact) mass is 303 g/mol. The van der Waals surface area contributed by atoms with E-state index in [1.807, 2.05) is 18.2 Å². The van der Waals surface area contributed by atoms with Crippen LogP contribution in [0.1, 0.15) is 10.4 Å². The second kappa shape index (κ2) is 7.31. The lowest BCUT2D eigenvalue weighted by molar-refractivity contribution is 0.0954. The van der Waals surface area contributed by atoms with Crippen molar-refractivity contribution in [2.24, 2.45) is 10.8 Å². The Morgan fingerprint density at radius 3 is 2.52 bits per heavy atom. The van der Waals surface area contributed by atoms with Crippen LogP contribution in [-0.4, -0.2) is 18.3 Å². The second-order valence-electron chi connectivity index (χ2n) is 4.13. The van der Waals surface area contributed by atoms with Gasteiger partial charge in [-0.15, -0.1) is 0 Å². The Labute approximate surface area is 127 Å². The highest BCUT2D eigenvalue weighted by Crippen LogP contribution is 2.14. The number of nitrogens with two attached hydrogens (primary N) is 1. The van der Waals surface area contributed by atoms with E-state index in [0.29, 0.717) is 16.3 Å². The SMILES string of the molecule is N/C(COc1ccccc1)=N\NC(=O)c1ccccc1Cl. The second-order valence-corrected chi connectivity index (χ2v) is 4.53. The van der Waals surface area contributed by atoms with Crippen LogP contribution >= 0.6 is 11.6 Å². The van der Waals surface area contributed by atoms with Crippen molar-refractivity contribution in [3.05, 3.63) is 65.2 Å². The van der Waals surface area contributed by atoms with Crippen molar-refractivity contribution in [3.8, 4) is 5.75 Å². The summed E-state index contributed by atoms with van der Waals surface area (Å²) in [4.78, 5) is 11.8. The molecule has 0 heterocycles. The molecular formula is C15H14ClN3O2. The zero-order valence-electron chi connectivity index (χ0n) is 11.1. The summed E-state index contributed by atoms with van der Waals surface area (Å²) in [5.74, 6) is 0.399. The summed E-state index contributed by atoms with van der Waals surface area (Å²) < 4.78 is 5.40. The summed E-state index contributed by atoms with van der Waals surface area (Å²) in [6.07, 6.45) is 0. The minimum absolute atomic E-state index is 0.0762. The molecule has 0 aliphatic heterocycles. The highest BCUT2D eigenvalue weighted by atomic mass is 35.5. The fraction of sp³-hybridized carbons (Fsp3) is 0.0667. The van der Waals surface area contributed by atoms with Crippen molar-refractivity contribution in [1.29, 1.82) is 0 Å². The van der Waals surface area contributed by atoms with Crippen molar-refractivity contribution in [2.75, 3.05) is 6.61 Å². The van der Waals surface area contributed by atoms with Crippen molar-refractivity contribution in [3.63, 3.8) is 0 Å². The number of hydrogen-bond donors (Lipinski definition) is 2. The number of carbonyl (C=O) groups is 1. The highest BCUT2D eigenvalue weighted by Gasteiger charge is 2.08. The van der Waals surface area contributed by atoms with Gasteiger partial charge in [0, 0.05) is 0 Å². The van der Waals surface area contributed by atoms with Crippen LogP contribution in [0.4, 0.5) is 0 Å². The Bertz CT molecular complexity index is 644. The maximum Gasteiger partial charge on any atom is 0.272 e. The number of halogens is 1. The lowest BCUT2D eigenvalue weighted by Crippen LogP contribution is -2.27. The van der Waals surface area contributed by atoms with Crippen LogP contribution in [-0.2, 0) is 0 Å². The number of nitrogens with zero attached hydrogens (tertiary/aromatic N) is 1. The molecule has 0 aliphatic rings. The molecular weight excluding hydrogens is 290 g/mol. The average Bonchev–Trinajstić information content (AvgIpc) is 2.52. The fourth-order valence-electron chi connectivity index (χ4n) is 1.53. The van der Waals surface area contributed by atoms with Crippen molar-refractivity contribution >= 4 is 23.3 Å². The number of para-hydroxylation sites is 1. The third-order valence-electron chi connectivity index (χ3n) is 2.55. The van der Waals surface area contributed by atoms with E-state index in [0.717, 1.165) is 0 Å². The first-order valence-corrected chi connectivity index (χ1v) is 6.59. The minimum atomic E-state index is -0.428. The van der Waals surface area contributed by atoms with Gasteiger partial charge in [0.25, 0.3) is 5.91 Å². The van der Waals surface area contributed by atoms with Gasteiger partial charge in [-0.3, -0.25) is 4.79 Å². The third kappa shape index (κ3) is 4.50. The average molecular weight is 304 g/mol. The summed E-state index contributed by atoms with van der Waals surface area (Å²) in [5.41, 5.74) is 8.33. The van der Waals surface area contributed by atoms with Gasteiger partial charge in [0.15, 0.2) is 5.84 Å². The summed E-state index contributed by atoms with van der Waals surface area (Å²) >= 11 is 5.91. The largest absolute Gasteiger partial charge is 0.486 e. The fourth-order valence-corrected chi connectivity index (χ4v) is 1.76. The number of amidine groups is 1. The molecule has 0 aromatic heterocycles. The molecule has 0 unspecified atom stereocenters. The number of hydrogen-bond acceptors (Lipinski definition) is 3. The van der Waals surface area contributed by atoms with Crippen molar-refractivity contribution in [1.82, 2.24) is 5.43 Å².